The van der Waals surface area contributed by atoms with Crippen molar-refractivity contribution < 1.29 is 18.0 Å². The topological polar surface area (TPSA) is 35.6 Å². The highest BCUT2D eigenvalue weighted by molar-refractivity contribution is 5.86. The third kappa shape index (κ3) is 3.29. The summed E-state index contributed by atoms with van der Waals surface area (Å²) in [6.07, 6.45) is -4.44. The van der Waals surface area contributed by atoms with Crippen LogP contribution < -0.4 is 10.2 Å². The van der Waals surface area contributed by atoms with E-state index >= 15 is 0 Å². The highest BCUT2D eigenvalue weighted by Gasteiger charge is 2.38. The van der Waals surface area contributed by atoms with Crippen molar-refractivity contribution in [1.82, 2.24) is 10.2 Å². The first-order valence-corrected chi connectivity index (χ1v) is 6.67. The Morgan fingerprint density at radius 3 is 2.62 bits per heavy atom. The lowest BCUT2D eigenvalue weighted by molar-refractivity contribution is -0.137. The molecule has 1 unspecified atom stereocenters. The smallest absolute Gasteiger partial charge is 0.357 e. The molecule has 0 spiro atoms. The van der Waals surface area contributed by atoms with Gasteiger partial charge in [0.25, 0.3) is 0 Å². The average Bonchev–Trinajstić information content (AvgIpc) is 2.45. The number of hydrogen-bond donors (Lipinski definition) is 1. The molecule has 1 atom stereocenters. The standard InChI is InChI=1S/C14H18F3N3O/c1-19(2)13(21)12-9-18-7-8-20(12)11-6-4-3-5-10(11)14(15,16)17/h3-6,12,18H,7-9H2,1-2H3. The number of rotatable bonds is 2. The Morgan fingerprint density at radius 2 is 2.00 bits per heavy atom. The number of amides is 1. The molecule has 2 rings (SSSR count). The normalized spacial score (nSPS) is 19.5. The summed E-state index contributed by atoms with van der Waals surface area (Å²) in [5.74, 6) is -0.209. The summed E-state index contributed by atoms with van der Waals surface area (Å²) in [6, 6.07) is 4.76. The van der Waals surface area contributed by atoms with Crippen LogP contribution in [0.4, 0.5) is 18.9 Å². The van der Waals surface area contributed by atoms with Gasteiger partial charge in [-0.1, -0.05) is 12.1 Å². The van der Waals surface area contributed by atoms with Crippen molar-refractivity contribution in [3.8, 4) is 0 Å². The Balaban J connectivity index is 2.41. The summed E-state index contributed by atoms with van der Waals surface area (Å²) >= 11 is 0. The van der Waals surface area contributed by atoms with E-state index in [4.69, 9.17) is 0 Å². The summed E-state index contributed by atoms with van der Waals surface area (Å²) in [6.45, 7) is 1.24. The van der Waals surface area contributed by atoms with Gasteiger partial charge in [-0.15, -0.1) is 0 Å². The molecule has 0 radical (unpaired) electrons. The third-order valence-corrected chi connectivity index (χ3v) is 3.49. The number of benzene rings is 1. The Hall–Kier alpha value is -1.76. The summed E-state index contributed by atoms with van der Waals surface area (Å²) in [5, 5.41) is 3.06. The number of likely N-dealkylation sites (N-methyl/N-ethyl adjacent to an activating group) is 1. The van der Waals surface area contributed by atoms with E-state index in [1.54, 1.807) is 25.1 Å². The van der Waals surface area contributed by atoms with Crippen LogP contribution in [0, 0.1) is 0 Å². The first-order chi connectivity index (χ1) is 9.82. The molecule has 7 heteroatoms. The van der Waals surface area contributed by atoms with E-state index in [1.165, 1.54) is 17.0 Å². The lowest BCUT2D eigenvalue weighted by atomic mass is 10.1. The largest absolute Gasteiger partial charge is 0.418 e. The van der Waals surface area contributed by atoms with Crippen LogP contribution in [0.15, 0.2) is 24.3 Å². The van der Waals surface area contributed by atoms with E-state index < -0.39 is 17.8 Å². The molecule has 116 valence electrons. The van der Waals surface area contributed by atoms with E-state index in [0.717, 1.165) is 6.07 Å². The number of para-hydroxylation sites is 1. The van der Waals surface area contributed by atoms with Gasteiger partial charge in [0.05, 0.1) is 5.56 Å². The van der Waals surface area contributed by atoms with Crippen molar-refractivity contribution in [3.63, 3.8) is 0 Å². The first-order valence-electron chi connectivity index (χ1n) is 6.67. The molecular formula is C14H18F3N3O. The number of nitrogens with one attached hydrogen (secondary N) is 1. The number of nitrogens with zero attached hydrogens (tertiary/aromatic N) is 2. The van der Waals surface area contributed by atoms with Crippen LogP contribution >= 0.6 is 0 Å². The van der Waals surface area contributed by atoms with E-state index in [-0.39, 0.29) is 11.6 Å². The minimum absolute atomic E-state index is 0.0618. The Morgan fingerprint density at radius 1 is 1.33 bits per heavy atom. The Kier molecular flexibility index (Phi) is 4.41. The second kappa shape index (κ2) is 5.93. The zero-order valence-corrected chi connectivity index (χ0v) is 11.9. The Labute approximate surface area is 121 Å². The summed E-state index contributed by atoms with van der Waals surface area (Å²) < 4.78 is 39.5. The van der Waals surface area contributed by atoms with Crippen LogP contribution in [0.25, 0.3) is 0 Å². The predicted octanol–water partition coefficient (Wildman–Crippen LogP) is 1.57. The van der Waals surface area contributed by atoms with Crippen LogP contribution in [0.3, 0.4) is 0 Å². The molecule has 1 aromatic carbocycles. The quantitative estimate of drug-likeness (QED) is 0.901. The van der Waals surface area contributed by atoms with E-state index in [9.17, 15) is 18.0 Å². The van der Waals surface area contributed by atoms with Gasteiger partial charge in [-0.05, 0) is 12.1 Å². The monoisotopic (exact) mass is 301 g/mol. The van der Waals surface area contributed by atoms with Crippen molar-refractivity contribution in [1.29, 1.82) is 0 Å². The van der Waals surface area contributed by atoms with Gasteiger partial charge in [0, 0.05) is 39.4 Å². The summed E-state index contributed by atoms with van der Waals surface area (Å²) in [7, 11) is 3.20. The molecule has 1 N–H and O–H groups in total. The van der Waals surface area contributed by atoms with Crippen LogP contribution in [0.5, 0.6) is 0 Å². The van der Waals surface area contributed by atoms with Gasteiger partial charge in [-0.2, -0.15) is 13.2 Å². The highest BCUT2D eigenvalue weighted by atomic mass is 19.4. The molecule has 1 saturated heterocycles. The van der Waals surface area contributed by atoms with Gasteiger partial charge in [0.15, 0.2) is 0 Å². The average molecular weight is 301 g/mol. The van der Waals surface area contributed by atoms with Gasteiger partial charge in [0.2, 0.25) is 5.91 Å². The third-order valence-electron chi connectivity index (χ3n) is 3.49. The molecule has 1 aromatic rings. The minimum Gasteiger partial charge on any atom is -0.357 e. The first kappa shape index (κ1) is 15.6. The minimum atomic E-state index is -4.44. The van der Waals surface area contributed by atoms with Crippen LogP contribution in [0.1, 0.15) is 5.56 Å². The maximum atomic E-state index is 13.2. The van der Waals surface area contributed by atoms with E-state index in [0.29, 0.717) is 19.6 Å². The molecule has 0 saturated carbocycles. The molecular weight excluding hydrogens is 283 g/mol. The number of carbonyl (C=O) groups excluding carboxylic acids is 1. The maximum absolute atomic E-state index is 13.2. The van der Waals surface area contributed by atoms with Gasteiger partial charge in [-0.25, -0.2) is 0 Å². The van der Waals surface area contributed by atoms with Crippen LogP contribution in [0.2, 0.25) is 0 Å². The molecule has 4 nitrogen and oxygen atoms in total. The highest BCUT2D eigenvalue weighted by Crippen LogP contribution is 2.37. The van der Waals surface area contributed by atoms with Gasteiger partial charge in [0.1, 0.15) is 6.04 Å². The van der Waals surface area contributed by atoms with Crippen molar-refractivity contribution in [3.05, 3.63) is 29.8 Å². The summed E-state index contributed by atoms with van der Waals surface area (Å²) in [4.78, 5) is 15.2. The lowest BCUT2D eigenvalue weighted by Crippen LogP contribution is -2.58. The van der Waals surface area contributed by atoms with Gasteiger partial charge >= 0.3 is 6.18 Å². The number of piperazine rings is 1. The lowest BCUT2D eigenvalue weighted by Gasteiger charge is -2.39. The van der Waals surface area contributed by atoms with Crippen molar-refractivity contribution in [2.45, 2.75) is 12.2 Å². The predicted molar refractivity (Wildman–Crippen MR) is 74.1 cm³/mol. The number of carbonyl (C=O) groups is 1. The molecule has 21 heavy (non-hydrogen) atoms. The number of hydrogen-bond acceptors (Lipinski definition) is 3. The number of alkyl halides is 3. The fourth-order valence-electron chi connectivity index (χ4n) is 2.48. The molecule has 1 aliphatic rings. The van der Waals surface area contributed by atoms with Crippen molar-refractivity contribution >= 4 is 11.6 Å². The molecule has 0 aliphatic carbocycles. The van der Waals surface area contributed by atoms with Gasteiger partial charge < -0.3 is 15.1 Å². The van der Waals surface area contributed by atoms with Crippen LogP contribution in [-0.4, -0.2) is 50.6 Å². The molecule has 1 heterocycles. The fourth-order valence-corrected chi connectivity index (χ4v) is 2.48. The fraction of sp³-hybridized carbons (Fsp3) is 0.500. The van der Waals surface area contributed by atoms with Crippen molar-refractivity contribution in [2.24, 2.45) is 0 Å². The summed E-state index contributed by atoms with van der Waals surface area (Å²) in [5.41, 5.74) is -0.643. The molecule has 1 aliphatic heterocycles. The second-order valence-electron chi connectivity index (χ2n) is 5.16. The zero-order valence-electron chi connectivity index (χ0n) is 11.9. The second-order valence-corrected chi connectivity index (χ2v) is 5.16. The van der Waals surface area contributed by atoms with E-state index in [1.807, 2.05) is 0 Å². The molecule has 0 aromatic heterocycles. The zero-order chi connectivity index (χ0) is 15.6. The van der Waals surface area contributed by atoms with Gasteiger partial charge in [-0.3, -0.25) is 4.79 Å². The number of halogens is 3. The van der Waals surface area contributed by atoms with Crippen LogP contribution in [-0.2, 0) is 11.0 Å². The molecule has 1 amide bonds. The SMILES string of the molecule is CN(C)C(=O)C1CNCCN1c1ccccc1C(F)(F)F. The Bertz CT molecular complexity index is 516. The molecule has 0 bridgehead atoms. The van der Waals surface area contributed by atoms with E-state index in [2.05, 4.69) is 5.32 Å². The van der Waals surface area contributed by atoms with Crippen molar-refractivity contribution in [2.75, 3.05) is 38.6 Å². The number of anilines is 1. The maximum Gasteiger partial charge on any atom is 0.418 e. The molecule has 1 fully saturated rings.